The third-order valence-corrected chi connectivity index (χ3v) is 10.7. The number of aliphatic hydroxyl groups is 1. The first-order valence-electron chi connectivity index (χ1n) is 17.0. The maximum atomic E-state index is 13.9. The van der Waals surface area contributed by atoms with Crippen LogP contribution in [0.25, 0.3) is 0 Å². The Labute approximate surface area is 292 Å². The molecule has 12 nitrogen and oxygen atoms in total. The number of rotatable bonds is 2. The Balaban J connectivity index is 1.79. The highest BCUT2D eigenvalue weighted by atomic mass is 16.7. The lowest BCUT2D eigenvalue weighted by atomic mass is 9.75. The van der Waals surface area contributed by atoms with Crippen molar-refractivity contribution in [3.05, 3.63) is 57.8 Å². The molecule has 5 rings (SSSR count). The van der Waals surface area contributed by atoms with E-state index in [1.165, 1.54) is 27.9 Å². The second-order valence-electron chi connectivity index (χ2n) is 14.0. The second kappa shape index (κ2) is 15.0. The highest BCUT2D eigenvalue weighted by Crippen LogP contribution is 2.48. The van der Waals surface area contributed by atoms with Crippen molar-refractivity contribution < 1.29 is 53.1 Å². The van der Waals surface area contributed by atoms with Crippen LogP contribution in [0, 0.1) is 36.5 Å². The summed E-state index contributed by atoms with van der Waals surface area (Å²) in [7, 11) is 1.51. The number of aromatic hydroxyl groups is 1. The molecular formula is C38H49NO11. The summed E-state index contributed by atoms with van der Waals surface area (Å²) in [6.07, 6.45) is 4.22. The van der Waals surface area contributed by atoms with E-state index in [-0.39, 0.29) is 64.5 Å². The van der Waals surface area contributed by atoms with Gasteiger partial charge < -0.3 is 34.5 Å². The minimum absolute atomic E-state index is 0.0288. The maximum Gasteiger partial charge on any atom is 0.302 e. The smallest absolute Gasteiger partial charge is 0.302 e. The molecule has 0 saturated carbocycles. The molecular weight excluding hydrogens is 646 g/mol. The van der Waals surface area contributed by atoms with Crippen LogP contribution in [-0.2, 0) is 23.8 Å². The number of aliphatic hydroxyl groups excluding tert-OH is 1. The summed E-state index contributed by atoms with van der Waals surface area (Å²) in [5.41, 5.74) is -0.979. The van der Waals surface area contributed by atoms with Crippen LogP contribution in [-0.4, -0.2) is 77.3 Å². The van der Waals surface area contributed by atoms with E-state index in [1.807, 2.05) is 40.7 Å². The van der Waals surface area contributed by atoms with E-state index in [0.717, 1.165) is 6.08 Å². The van der Waals surface area contributed by atoms with E-state index in [4.69, 9.17) is 18.9 Å². The number of allylic oxidation sites excluding steroid dienone is 5. The maximum absolute atomic E-state index is 13.9. The van der Waals surface area contributed by atoms with Gasteiger partial charge in [-0.05, 0) is 38.0 Å². The molecule has 9 unspecified atom stereocenters. The number of ketones is 3. The summed E-state index contributed by atoms with van der Waals surface area (Å²) in [4.78, 5) is 66.5. The average Bonchev–Trinajstić information content (AvgIpc) is 3.33. The Morgan fingerprint density at radius 3 is 2.26 bits per heavy atom. The normalized spacial score (nSPS) is 34.3. The first-order chi connectivity index (χ1) is 23.4. The number of ether oxygens (including phenoxy) is 4. The van der Waals surface area contributed by atoms with Crippen LogP contribution in [0.4, 0.5) is 0 Å². The summed E-state index contributed by atoms with van der Waals surface area (Å²) in [5.74, 6) is -7.20. The zero-order valence-corrected chi connectivity index (χ0v) is 30.4. The highest BCUT2D eigenvalue weighted by Gasteiger charge is 2.51. The van der Waals surface area contributed by atoms with E-state index in [0.29, 0.717) is 0 Å². The third-order valence-electron chi connectivity index (χ3n) is 10.7. The number of benzene rings is 1. The van der Waals surface area contributed by atoms with E-state index in [1.54, 1.807) is 19.1 Å². The van der Waals surface area contributed by atoms with Crippen LogP contribution in [0.15, 0.2) is 35.6 Å². The monoisotopic (exact) mass is 695 g/mol. The molecule has 0 radical (unpaired) electrons. The van der Waals surface area contributed by atoms with Crippen molar-refractivity contribution in [3.63, 3.8) is 0 Å². The number of nitrogens with one attached hydrogen (secondary N) is 1. The topological polar surface area (TPSA) is 175 Å². The van der Waals surface area contributed by atoms with Crippen molar-refractivity contribution in [2.24, 2.45) is 29.6 Å². The van der Waals surface area contributed by atoms with E-state index in [9.17, 15) is 34.2 Å². The minimum Gasteiger partial charge on any atom is -0.507 e. The summed E-state index contributed by atoms with van der Waals surface area (Å²) in [5, 5.41) is 25.2. The Morgan fingerprint density at radius 2 is 1.64 bits per heavy atom. The average molecular weight is 696 g/mol. The summed E-state index contributed by atoms with van der Waals surface area (Å²) >= 11 is 0. The highest BCUT2D eigenvalue weighted by molar-refractivity contribution is 6.30. The number of fused-ring (bicyclic) bond motifs is 15. The molecule has 3 aliphatic heterocycles. The lowest BCUT2D eigenvalue weighted by Gasteiger charge is -2.39. The molecule has 1 aromatic rings. The van der Waals surface area contributed by atoms with Gasteiger partial charge in [-0.25, -0.2) is 0 Å². The standard InChI is InChI=1S/C38H49NO11/c1-17-12-11-13-18(2)37(46)39-25-16-26(41)28-29(33(25)44)32(43)23(7)35-30(28)36(45)38(9,50-35)48-15-14-27(47-10)21(5)34(49-24(8)40)22(6)31(42)20(4)19(17)3/h11-13,16-17,19-22,27,31,34,42-43H,14-15H2,1-10H3,(H,39,46)/b12-11-,18-13-. The molecule has 1 aromatic carbocycles. The van der Waals surface area contributed by atoms with E-state index in [2.05, 4.69) is 5.32 Å². The molecule has 3 N–H and O–H groups in total. The molecule has 3 heterocycles. The van der Waals surface area contributed by atoms with E-state index >= 15 is 0 Å². The van der Waals surface area contributed by atoms with Crippen molar-refractivity contribution >= 4 is 29.2 Å². The van der Waals surface area contributed by atoms with Crippen LogP contribution in [0.3, 0.4) is 0 Å². The molecule has 9 atom stereocenters. The van der Waals surface area contributed by atoms with Crippen molar-refractivity contribution in [1.82, 2.24) is 5.32 Å². The van der Waals surface area contributed by atoms with Crippen LogP contribution >= 0.6 is 0 Å². The van der Waals surface area contributed by atoms with Gasteiger partial charge in [0.15, 0.2) is 5.78 Å². The molecule has 272 valence electrons. The van der Waals surface area contributed by atoms with Crippen molar-refractivity contribution in [2.45, 2.75) is 92.8 Å². The van der Waals surface area contributed by atoms with Gasteiger partial charge >= 0.3 is 5.97 Å². The number of carbonyl (C=O) groups excluding carboxylic acids is 5. The second-order valence-corrected chi connectivity index (χ2v) is 14.0. The van der Waals surface area contributed by atoms with Crippen LogP contribution < -0.4 is 10.1 Å². The predicted octanol–water partition coefficient (Wildman–Crippen LogP) is 4.78. The molecule has 1 amide bonds. The molecule has 0 aromatic heterocycles. The van der Waals surface area contributed by atoms with Crippen molar-refractivity contribution in [2.75, 3.05) is 13.7 Å². The van der Waals surface area contributed by atoms with E-state index < -0.39 is 76.5 Å². The third kappa shape index (κ3) is 7.19. The lowest BCUT2D eigenvalue weighted by molar-refractivity contribution is -0.163. The largest absolute Gasteiger partial charge is 0.507 e. The minimum atomic E-state index is -1.91. The van der Waals surface area contributed by atoms with Gasteiger partial charge in [-0.1, -0.05) is 52.8 Å². The van der Waals surface area contributed by atoms with Crippen molar-refractivity contribution in [1.29, 1.82) is 0 Å². The zero-order valence-electron chi connectivity index (χ0n) is 30.4. The predicted molar refractivity (Wildman–Crippen MR) is 183 cm³/mol. The number of phenols is 1. The molecule has 0 spiro atoms. The molecule has 5 bridgehead atoms. The fraction of sp³-hybridized carbons (Fsp3) is 0.553. The van der Waals surface area contributed by atoms with Gasteiger partial charge in [0.05, 0.1) is 41.2 Å². The number of esters is 1. The molecule has 50 heavy (non-hydrogen) atoms. The SMILES string of the molecule is COC1CCOC2(C)Oc3c(C)c(O)c4c(c3C2=O)C(=O)C=C(NC(=O)/C(C)=C\C=C/C(C)C(C)C(C)C(O)C(C)C(OC(C)=O)C1C)C4=O. The van der Waals surface area contributed by atoms with Gasteiger partial charge in [0, 0.05) is 50.0 Å². The Bertz CT molecular complexity index is 1670. The van der Waals surface area contributed by atoms with Crippen molar-refractivity contribution in [3.8, 4) is 11.5 Å². The van der Waals surface area contributed by atoms with Crippen LogP contribution in [0.1, 0.15) is 98.4 Å². The quantitative estimate of drug-likeness (QED) is 0.363. The fourth-order valence-corrected chi connectivity index (χ4v) is 7.08. The Hall–Kier alpha value is -4.13. The molecule has 4 aliphatic rings. The molecule has 12 heteroatoms. The number of hydrogen-bond acceptors (Lipinski definition) is 11. The first kappa shape index (κ1) is 38.7. The van der Waals surface area contributed by atoms with Gasteiger partial charge in [-0.15, -0.1) is 0 Å². The van der Waals surface area contributed by atoms with Gasteiger partial charge in [0.25, 0.3) is 11.7 Å². The summed E-state index contributed by atoms with van der Waals surface area (Å²) < 4.78 is 23.6. The Kier molecular flexibility index (Phi) is 11.6. The number of amides is 1. The molecule has 0 saturated heterocycles. The zero-order chi connectivity index (χ0) is 37.4. The fourth-order valence-electron chi connectivity index (χ4n) is 7.08. The van der Waals surface area contributed by atoms with Gasteiger partial charge in [-0.3, -0.25) is 24.0 Å². The first-order valence-corrected chi connectivity index (χ1v) is 17.0. The summed E-state index contributed by atoms with van der Waals surface area (Å²) in [6, 6.07) is 0. The van der Waals surface area contributed by atoms with Crippen LogP contribution in [0.2, 0.25) is 0 Å². The lowest BCUT2D eigenvalue weighted by Crippen LogP contribution is -2.46. The van der Waals surface area contributed by atoms with Gasteiger partial charge in [0.2, 0.25) is 11.6 Å². The van der Waals surface area contributed by atoms with Gasteiger partial charge in [-0.2, -0.15) is 0 Å². The van der Waals surface area contributed by atoms with Gasteiger partial charge in [0.1, 0.15) is 17.6 Å². The Morgan fingerprint density at radius 1 is 0.980 bits per heavy atom. The van der Waals surface area contributed by atoms with Crippen LogP contribution in [0.5, 0.6) is 11.5 Å². The molecule has 1 aliphatic carbocycles. The number of phenolic OH excluding ortho intramolecular Hbond substituents is 1. The summed E-state index contributed by atoms with van der Waals surface area (Å²) in [6.45, 7) is 15.3. The number of methoxy groups -OCH3 is 1. The number of carbonyl (C=O) groups is 5. The molecule has 0 fully saturated rings. The number of hydrogen-bond donors (Lipinski definition) is 3. The number of Topliss-reactive ketones (excluding diaryl/α,β-unsaturated/α-hetero) is 2.